The smallest absolute Gasteiger partial charge is 0.191 e. The summed E-state index contributed by atoms with van der Waals surface area (Å²) in [4.78, 5) is 6.70. The van der Waals surface area contributed by atoms with E-state index in [9.17, 15) is 0 Å². The Balaban J connectivity index is 0.00000484. The second kappa shape index (κ2) is 11.9. The molecule has 0 spiro atoms. The van der Waals surface area contributed by atoms with E-state index < -0.39 is 0 Å². The van der Waals surface area contributed by atoms with Crippen molar-refractivity contribution < 1.29 is 0 Å². The van der Waals surface area contributed by atoms with Gasteiger partial charge in [-0.2, -0.15) is 0 Å². The molecule has 0 saturated heterocycles. The van der Waals surface area contributed by atoms with E-state index in [0.29, 0.717) is 18.6 Å². The zero-order valence-electron chi connectivity index (χ0n) is 14.8. The summed E-state index contributed by atoms with van der Waals surface area (Å²) in [6.07, 6.45) is 0. The lowest BCUT2D eigenvalue weighted by atomic mass is 10.2. The van der Waals surface area contributed by atoms with Gasteiger partial charge in [-0.25, -0.2) is 0 Å². The van der Waals surface area contributed by atoms with Crippen molar-refractivity contribution in [2.75, 3.05) is 20.1 Å². The Bertz CT molecular complexity index is 469. The summed E-state index contributed by atoms with van der Waals surface area (Å²) in [5, 5.41) is 7.42. The molecule has 0 aliphatic carbocycles. The van der Waals surface area contributed by atoms with E-state index in [1.807, 2.05) is 24.3 Å². The number of aliphatic imine (C=N–C) groups is 1. The van der Waals surface area contributed by atoms with Crippen LogP contribution in [0.2, 0.25) is 5.02 Å². The normalized spacial score (nSPS) is 11.8. The number of benzene rings is 1. The van der Waals surface area contributed by atoms with Crippen LogP contribution >= 0.6 is 35.6 Å². The van der Waals surface area contributed by atoms with Crippen molar-refractivity contribution in [1.82, 2.24) is 15.5 Å². The van der Waals surface area contributed by atoms with E-state index in [4.69, 9.17) is 11.6 Å². The summed E-state index contributed by atoms with van der Waals surface area (Å²) >= 11 is 6.16. The molecule has 1 rings (SSSR count). The first-order chi connectivity index (χ1) is 10.5. The highest BCUT2D eigenvalue weighted by molar-refractivity contribution is 14.0. The number of nitrogens with one attached hydrogen (secondary N) is 2. The predicted molar refractivity (Wildman–Crippen MR) is 112 cm³/mol. The highest BCUT2D eigenvalue weighted by Gasteiger charge is 2.12. The van der Waals surface area contributed by atoms with Gasteiger partial charge in [0.2, 0.25) is 0 Å². The maximum atomic E-state index is 6.16. The van der Waals surface area contributed by atoms with Crippen molar-refractivity contribution in [2.45, 2.75) is 46.3 Å². The van der Waals surface area contributed by atoms with E-state index in [-0.39, 0.29) is 24.0 Å². The third-order valence-corrected chi connectivity index (χ3v) is 3.99. The lowest BCUT2D eigenvalue weighted by molar-refractivity contribution is 0.178. The third kappa shape index (κ3) is 8.22. The minimum absolute atomic E-state index is 0. The monoisotopic (exact) mass is 452 g/mol. The molecule has 0 aromatic heterocycles. The molecule has 0 fully saturated rings. The Kier molecular flexibility index (Phi) is 11.6. The van der Waals surface area contributed by atoms with Crippen molar-refractivity contribution in [2.24, 2.45) is 4.99 Å². The fraction of sp³-hybridized carbons (Fsp3) is 0.588. The van der Waals surface area contributed by atoms with Crippen LogP contribution < -0.4 is 10.6 Å². The SMILES string of the molecule is CN=C(NCCN(C(C)C)C(C)C)NCc1ccccc1Cl.I. The van der Waals surface area contributed by atoms with Gasteiger partial charge in [-0.15, -0.1) is 24.0 Å². The summed E-state index contributed by atoms with van der Waals surface area (Å²) in [7, 11) is 1.78. The number of halogens is 2. The van der Waals surface area contributed by atoms with E-state index >= 15 is 0 Å². The largest absolute Gasteiger partial charge is 0.355 e. The Morgan fingerprint density at radius 2 is 1.74 bits per heavy atom. The zero-order chi connectivity index (χ0) is 16.5. The van der Waals surface area contributed by atoms with Crippen molar-refractivity contribution in [3.63, 3.8) is 0 Å². The fourth-order valence-corrected chi connectivity index (χ4v) is 2.66. The van der Waals surface area contributed by atoms with Gasteiger partial charge in [0.25, 0.3) is 0 Å². The minimum Gasteiger partial charge on any atom is -0.355 e. The molecule has 1 aromatic rings. The highest BCUT2D eigenvalue weighted by Crippen LogP contribution is 2.14. The summed E-state index contributed by atoms with van der Waals surface area (Å²) in [6, 6.07) is 8.92. The number of rotatable bonds is 7. The highest BCUT2D eigenvalue weighted by atomic mass is 127. The summed E-state index contributed by atoms with van der Waals surface area (Å²) < 4.78 is 0. The van der Waals surface area contributed by atoms with Crippen LogP contribution in [-0.2, 0) is 6.54 Å². The van der Waals surface area contributed by atoms with Crippen LogP contribution in [0.3, 0.4) is 0 Å². The quantitative estimate of drug-likeness (QED) is 0.376. The summed E-state index contributed by atoms with van der Waals surface area (Å²) in [5.74, 6) is 0.799. The van der Waals surface area contributed by atoms with E-state index in [0.717, 1.165) is 29.6 Å². The van der Waals surface area contributed by atoms with Crippen LogP contribution in [0.1, 0.15) is 33.3 Å². The van der Waals surface area contributed by atoms with Crippen LogP contribution in [0, 0.1) is 0 Å². The molecule has 0 amide bonds. The molecule has 132 valence electrons. The zero-order valence-corrected chi connectivity index (χ0v) is 17.9. The Morgan fingerprint density at radius 1 is 1.13 bits per heavy atom. The van der Waals surface area contributed by atoms with Crippen molar-refractivity contribution >= 4 is 41.5 Å². The molecule has 1 aromatic carbocycles. The van der Waals surface area contributed by atoms with Crippen molar-refractivity contribution in [3.05, 3.63) is 34.9 Å². The van der Waals surface area contributed by atoms with Gasteiger partial charge in [-0.1, -0.05) is 29.8 Å². The van der Waals surface area contributed by atoms with Gasteiger partial charge in [0.1, 0.15) is 0 Å². The van der Waals surface area contributed by atoms with Crippen molar-refractivity contribution in [3.8, 4) is 0 Å². The average molecular weight is 453 g/mol. The van der Waals surface area contributed by atoms with E-state index in [1.165, 1.54) is 0 Å². The van der Waals surface area contributed by atoms with Gasteiger partial charge in [0.05, 0.1) is 0 Å². The molecule has 0 unspecified atom stereocenters. The molecule has 0 bridgehead atoms. The molecule has 2 N–H and O–H groups in total. The molecule has 4 nitrogen and oxygen atoms in total. The molecule has 0 aliphatic rings. The lowest BCUT2D eigenvalue weighted by Crippen LogP contribution is -2.45. The third-order valence-electron chi connectivity index (χ3n) is 3.62. The number of hydrogen-bond donors (Lipinski definition) is 2. The maximum absolute atomic E-state index is 6.16. The summed E-state index contributed by atoms with van der Waals surface area (Å²) in [5.41, 5.74) is 1.07. The number of hydrogen-bond acceptors (Lipinski definition) is 2. The Labute approximate surface area is 163 Å². The fourth-order valence-electron chi connectivity index (χ4n) is 2.46. The maximum Gasteiger partial charge on any atom is 0.191 e. The molecular weight excluding hydrogens is 423 g/mol. The van der Waals surface area contributed by atoms with E-state index in [1.54, 1.807) is 7.05 Å². The molecule has 23 heavy (non-hydrogen) atoms. The van der Waals surface area contributed by atoms with Gasteiger partial charge in [0.15, 0.2) is 5.96 Å². The van der Waals surface area contributed by atoms with Crippen LogP contribution in [0.4, 0.5) is 0 Å². The van der Waals surface area contributed by atoms with Crippen LogP contribution in [0.15, 0.2) is 29.3 Å². The standard InChI is InChI=1S/C17H29ClN4.HI/c1-13(2)22(14(3)4)11-10-20-17(19-5)21-12-15-8-6-7-9-16(15)18;/h6-9,13-14H,10-12H2,1-5H3,(H2,19,20,21);1H. The molecular formula is C17H30ClIN4. The molecule has 0 heterocycles. The van der Waals surface area contributed by atoms with Gasteiger partial charge in [-0.3, -0.25) is 9.89 Å². The second-order valence-electron chi connectivity index (χ2n) is 5.87. The molecule has 0 saturated carbocycles. The summed E-state index contributed by atoms with van der Waals surface area (Å²) in [6.45, 7) is 11.4. The first-order valence-corrected chi connectivity index (χ1v) is 8.27. The van der Waals surface area contributed by atoms with Gasteiger partial charge in [0, 0.05) is 43.8 Å². The van der Waals surface area contributed by atoms with Crippen LogP contribution in [0.5, 0.6) is 0 Å². The van der Waals surface area contributed by atoms with Gasteiger partial charge in [-0.05, 0) is 39.3 Å². The molecule has 0 aliphatic heterocycles. The predicted octanol–water partition coefficient (Wildman–Crippen LogP) is 3.74. The lowest BCUT2D eigenvalue weighted by Gasteiger charge is -2.30. The number of guanidine groups is 1. The molecule has 0 radical (unpaired) electrons. The first-order valence-electron chi connectivity index (χ1n) is 7.89. The minimum atomic E-state index is 0. The molecule has 6 heteroatoms. The van der Waals surface area contributed by atoms with Crippen LogP contribution in [-0.4, -0.2) is 43.1 Å². The van der Waals surface area contributed by atoms with Gasteiger partial charge < -0.3 is 10.6 Å². The first kappa shape index (κ1) is 22.5. The average Bonchev–Trinajstić information content (AvgIpc) is 2.47. The van der Waals surface area contributed by atoms with Crippen LogP contribution in [0.25, 0.3) is 0 Å². The van der Waals surface area contributed by atoms with Crippen molar-refractivity contribution in [1.29, 1.82) is 0 Å². The van der Waals surface area contributed by atoms with Gasteiger partial charge >= 0.3 is 0 Å². The Morgan fingerprint density at radius 3 is 2.26 bits per heavy atom. The molecule has 0 atom stereocenters. The number of nitrogens with zero attached hydrogens (tertiary/aromatic N) is 2. The second-order valence-corrected chi connectivity index (χ2v) is 6.28. The Hall–Kier alpha value is -0.530. The van der Waals surface area contributed by atoms with E-state index in [2.05, 4.69) is 48.2 Å². The topological polar surface area (TPSA) is 39.7 Å².